The molecule has 0 aromatic carbocycles. The van der Waals surface area contributed by atoms with Crippen LogP contribution in [0.2, 0.25) is 0 Å². The summed E-state index contributed by atoms with van der Waals surface area (Å²) in [6.07, 6.45) is 0. The maximum atomic E-state index is 11.7. The third kappa shape index (κ3) is 5.54. The van der Waals surface area contributed by atoms with Crippen molar-refractivity contribution in [3.05, 3.63) is 23.5 Å². The van der Waals surface area contributed by atoms with E-state index in [2.05, 4.69) is 15.6 Å². The van der Waals surface area contributed by atoms with E-state index < -0.39 is 0 Å². The lowest BCUT2D eigenvalue weighted by atomic mass is 10.3. The minimum Gasteiger partial charge on any atom is -0.482 e. The number of hydrogen-bond acceptors (Lipinski definition) is 5. The molecule has 112 valence electrons. The lowest BCUT2D eigenvalue weighted by Gasteiger charge is -2.14. The monoisotopic (exact) mass is 281 g/mol. The molecule has 0 aliphatic heterocycles. The van der Waals surface area contributed by atoms with Crippen LogP contribution in [0.5, 0.6) is 5.75 Å². The highest BCUT2D eigenvalue weighted by atomic mass is 16.5. The van der Waals surface area contributed by atoms with E-state index >= 15 is 0 Å². The van der Waals surface area contributed by atoms with Crippen LogP contribution in [0.3, 0.4) is 0 Å². The molecular weight excluding hydrogens is 258 g/mol. The molecule has 0 fully saturated rings. The van der Waals surface area contributed by atoms with Crippen molar-refractivity contribution >= 4 is 5.91 Å². The van der Waals surface area contributed by atoms with Gasteiger partial charge in [-0.05, 0) is 33.0 Å². The van der Waals surface area contributed by atoms with Gasteiger partial charge in [-0.25, -0.2) is 0 Å². The molecule has 20 heavy (non-hydrogen) atoms. The van der Waals surface area contributed by atoms with E-state index in [0.717, 1.165) is 11.4 Å². The Hall–Kier alpha value is -1.66. The van der Waals surface area contributed by atoms with Gasteiger partial charge in [0.2, 0.25) is 0 Å². The Kier molecular flexibility index (Phi) is 6.97. The van der Waals surface area contributed by atoms with Gasteiger partial charge in [0.05, 0.1) is 12.3 Å². The second kappa shape index (κ2) is 8.50. The number of pyridine rings is 1. The summed E-state index contributed by atoms with van der Waals surface area (Å²) >= 11 is 0. The molecule has 0 aliphatic rings. The summed E-state index contributed by atoms with van der Waals surface area (Å²) in [5.74, 6) is 0.449. The SMILES string of the molecule is CNCc1nc(C)ccc1OCC(=O)NC(C)COC. The van der Waals surface area contributed by atoms with Gasteiger partial charge >= 0.3 is 0 Å². The van der Waals surface area contributed by atoms with Gasteiger partial charge in [-0.15, -0.1) is 0 Å². The Bertz CT molecular complexity index is 438. The number of rotatable bonds is 8. The van der Waals surface area contributed by atoms with E-state index in [1.54, 1.807) is 7.11 Å². The first-order valence-corrected chi connectivity index (χ1v) is 6.59. The van der Waals surface area contributed by atoms with Crippen molar-refractivity contribution in [3.63, 3.8) is 0 Å². The Morgan fingerprint density at radius 1 is 1.45 bits per heavy atom. The Morgan fingerprint density at radius 2 is 2.20 bits per heavy atom. The number of carbonyl (C=O) groups is 1. The van der Waals surface area contributed by atoms with Crippen LogP contribution in [-0.2, 0) is 16.1 Å². The van der Waals surface area contributed by atoms with Crippen LogP contribution in [-0.4, -0.2) is 44.3 Å². The van der Waals surface area contributed by atoms with E-state index in [1.165, 1.54) is 0 Å². The van der Waals surface area contributed by atoms with Crippen LogP contribution in [0.25, 0.3) is 0 Å². The number of hydrogen-bond donors (Lipinski definition) is 2. The Labute approximate surface area is 119 Å². The Balaban J connectivity index is 2.54. The van der Waals surface area contributed by atoms with Gasteiger partial charge in [0.25, 0.3) is 5.91 Å². The van der Waals surface area contributed by atoms with Gasteiger partial charge in [0, 0.05) is 25.4 Å². The molecule has 0 radical (unpaired) electrons. The number of nitrogens with zero attached hydrogens (tertiary/aromatic N) is 1. The van der Waals surface area contributed by atoms with E-state index in [1.807, 2.05) is 33.0 Å². The molecule has 1 heterocycles. The van der Waals surface area contributed by atoms with Gasteiger partial charge in [0.15, 0.2) is 6.61 Å². The van der Waals surface area contributed by atoms with Crippen LogP contribution in [0.15, 0.2) is 12.1 Å². The molecule has 1 aromatic rings. The molecule has 1 rings (SSSR count). The predicted molar refractivity (Wildman–Crippen MR) is 76.7 cm³/mol. The van der Waals surface area contributed by atoms with Crippen molar-refractivity contribution in [2.45, 2.75) is 26.4 Å². The van der Waals surface area contributed by atoms with E-state index in [-0.39, 0.29) is 18.6 Å². The van der Waals surface area contributed by atoms with E-state index in [0.29, 0.717) is 18.9 Å². The normalized spacial score (nSPS) is 12.0. The van der Waals surface area contributed by atoms with Crippen LogP contribution < -0.4 is 15.4 Å². The van der Waals surface area contributed by atoms with Crippen LogP contribution in [0, 0.1) is 6.92 Å². The fraction of sp³-hybridized carbons (Fsp3) is 0.571. The molecule has 1 amide bonds. The summed E-state index contributed by atoms with van der Waals surface area (Å²) in [6.45, 7) is 4.83. The first-order chi connectivity index (χ1) is 9.56. The molecule has 0 saturated carbocycles. The smallest absolute Gasteiger partial charge is 0.258 e. The number of nitrogens with one attached hydrogen (secondary N) is 2. The number of aryl methyl sites for hydroxylation is 1. The van der Waals surface area contributed by atoms with Gasteiger partial charge in [-0.3, -0.25) is 9.78 Å². The number of carbonyl (C=O) groups excluding carboxylic acids is 1. The maximum absolute atomic E-state index is 11.7. The van der Waals surface area contributed by atoms with Crippen molar-refractivity contribution in [3.8, 4) is 5.75 Å². The first kappa shape index (κ1) is 16.4. The summed E-state index contributed by atoms with van der Waals surface area (Å²) in [5.41, 5.74) is 1.71. The summed E-state index contributed by atoms with van der Waals surface area (Å²) in [6, 6.07) is 3.66. The summed E-state index contributed by atoms with van der Waals surface area (Å²) in [7, 11) is 3.44. The lowest BCUT2D eigenvalue weighted by molar-refractivity contribution is -0.124. The second-order valence-electron chi connectivity index (χ2n) is 4.64. The lowest BCUT2D eigenvalue weighted by Crippen LogP contribution is -2.38. The van der Waals surface area contributed by atoms with Crippen molar-refractivity contribution in [1.82, 2.24) is 15.6 Å². The topological polar surface area (TPSA) is 72.5 Å². The molecule has 1 aromatic heterocycles. The zero-order valence-electron chi connectivity index (χ0n) is 12.5. The quantitative estimate of drug-likeness (QED) is 0.731. The average Bonchev–Trinajstić information content (AvgIpc) is 2.38. The van der Waals surface area contributed by atoms with Crippen LogP contribution in [0.1, 0.15) is 18.3 Å². The maximum Gasteiger partial charge on any atom is 0.258 e. The Morgan fingerprint density at radius 3 is 2.85 bits per heavy atom. The highest BCUT2D eigenvalue weighted by Gasteiger charge is 2.10. The predicted octanol–water partition coefficient (Wildman–Crippen LogP) is 0.639. The summed E-state index contributed by atoms with van der Waals surface area (Å²) in [5, 5.41) is 5.82. The molecule has 6 heteroatoms. The number of ether oxygens (including phenoxy) is 2. The van der Waals surface area contributed by atoms with Gasteiger partial charge in [-0.2, -0.15) is 0 Å². The molecule has 1 unspecified atom stereocenters. The molecule has 0 spiro atoms. The highest BCUT2D eigenvalue weighted by Crippen LogP contribution is 2.16. The number of aromatic nitrogens is 1. The molecule has 2 N–H and O–H groups in total. The highest BCUT2D eigenvalue weighted by molar-refractivity contribution is 5.77. The third-order valence-electron chi connectivity index (χ3n) is 2.60. The number of amides is 1. The van der Waals surface area contributed by atoms with Crippen molar-refractivity contribution in [1.29, 1.82) is 0 Å². The van der Waals surface area contributed by atoms with E-state index in [4.69, 9.17) is 9.47 Å². The van der Waals surface area contributed by atoms with Crippen molar-refractivity contribution in [2.75, 3.05) is 27.4 Å². The van der Waals surface area contributed by atoms with Gasteiger partial charge < -0.3 is 20.1 Å². The summed E-state index contributed by atoms with van der Waals surface area (Å²) < 4.78 is 10.5. The third-order valence-corrected chi connectivity index (χ3v) is 2.60. The fourth-order valence-electron chi connectivity index (χ4n) is 1.77. The first-order valence-electron chi connectivity index (χ1n) is 6.59. The van der Waals surface area contributed by atoms with Crippen molar-refractivity contribution in [2.24, 2.45) is 0 Å². The van der Waals surface area contributed by atoms with Gasteiger partial charge in [0.1, 0.15) is 5.75 Å². The minimum atomic E-state index is -0.175. The molecule has 0 aliphatic carbocycles. The van der Waals surface area contributed by atoms with Crippen LogP contribution in [0.4, 0.5) is 0 Å². The number of methoxy groups -OCH3 is 1. The zero-order chi connectivity index (χ0) is 15.0. The zero-order valence-corrected chi connectivity index (χ0v) is 12.5. The molecule has 1 atom stereocenters. The fourth-order valence-corrected chi connectivity index (χ4v) is 1.77. The standard InChI is InChI=1S/C14H23N3O3/c1-10-5-6-13(12(16-10)7-15-3)20-9-14(18)17-11(2)8-19-4/h5-6,11,15H,7-9H2,1-4H3,(H,17,18). The molecule has 6 nitrogen and oxygen atoms in total. The second-order valence-corrected chi connectivity index (χ2v) is 4.64. The minimum absolute atomic E-state index is 0.0322. The summed E-state index contributed by atoms with van der Waals surface area (Å²) in [4.78, 5) is 16.1. The van der Waals surface area contributed by atoms with Crippen molar-refractivity contribution < 1.29 is 14.3 Å². The van der Waals surface area contributed by atoms with Gasteiger partial charge in [-0.1, -0.05) is 0 Å². The molecular formula is C14H23N3O3. The average molecular weight is 281 g/mol. The van der Waals surface area contributed by atoms with E-state index in [9.17, 15) is 4.79 Å². The molecule has 0 saturated heterocycles. The largest absolute Gasteiger partial charge is 0.482 e. The molecule has 0 bridgehead atoms. The van der Waals surface area contributed by atoms with Crippen LogP contribution >= 0.6 is 0 Å².